The molecule has 0 fully saturated rings. The lowest BCUT2D eigenvalue weighted by atomic mass is 9.95. The van der Waals surface area contributed by atoms with Gasteiger partial charge >= 0.3 is 0 Å². The molecule has 0 unspecified atom stereocenters. The Kier molecular flexibility index (Phi) is 5.90. The number of rotatable bonds is 5. The molecule has 164 valence electrons. The molecule has 7 heteroatoms. The van der Waals surface area contributed by atoms with Gasteiger partial charge in [0.2, 0.25) is 0 Å². The summed E-state index contributed by atoms with van der Waals surface area (Å²) < 4.78 is 10.8. The highest BCUT2D eigenvalue weighted by atomic mass is 32.1. The number of nitrogens with zero attached hydrogens (tertiary/aromatic N) is 2. The van der Waals surface area contributed by atoms with Crippen LogP contribution in [0.3, 0.4) is 0 Å². The van der Waals surface area contributed by atoms with Crippen LogP contribution in [0, 0.1) is 0 Å². The van der Waals surface area contributed by atoms with Gasteiger partial charge in [0, 0.05) is 41.2 Å². The van der Waals surface area contributed by atoms with Gasteiger partial charge in [0.25, 0.3) is 5.56 Å². The molecule has 0 amide bonds. The van der Waals surface area contributed by atoms with Gasteiger partial charge in [-0.25, -0.2) is 4.98 Å². The Morgan fingerprint density at radius 1 is 1.13 bits per heavy atom. The van der Waals surface area contributed by atoms with Crippen LogP contribution in [-0.2, 0) is 24.9 Å². The minimum absolute atomic E-state index is 0.00294. The normalized spacial score (nSPS) is 14.4. The first-order valence-corrected chi connectivity index (χ1v) is 11.3. The summed E-state index contributed by atoms with van der Waals surface area (Å²) in [6.07, 6.45) is 0.802. The first kappa shape index (κ1) is 21.6. The summed E-state index contributed by atoms with van der Waals surface area (Å²) in [5.74, 6) is 2.22. The van der Waals surface area contributed by atoms with Crippen molar-refractivity contribution in [3.63, 3.8) is 0 Å². The van der Waals surface area contributed by atoms with E-state index in [1.165, 1.54) is 9.75 Å². The fraction of sp³-hybridized carbons (Fsp3) is 0.417. The minimum atomic E-state index is -0.164. The zero-order chi connectivity index (χ0) is 22.2. The van der Waals surface area contributed by atoms with Crippen molar-refractivity contribution in [2.45, 2.75) is 45.7 Å². The van der Waals surface area contributed by atoms with E-state index in [0.717, 1.165) is 53.7 Å². The van der Waals surface area contributed by atoms with Gasteiger partial charge in [0.05, 0.1) is 25.5 Å². The molecular formula is C24H29N3O3S. The Hall–Kier alpha value is -2.64. The molecule has 1 aliphatic rings. The highest BCUT2D eigenvalue weighted by Crippen LogP contribution is 2.35. The van der Waals surface area contributed by atoms with E-state index in [1.807, 2.05) is 18.2 Å². The number of ether oxygens (including phenoxy) is 2. The standard InChI is InChI=1S/C24H29N3O3S/c1-24(2,3)23-25-18-10-11-27(14-17(18)22(28)26-23)13-16-7-9-21(31-16)15-6-8-19(29-4)20(12-15)30-5/h6-9,12H,10-11,13-14H2,1-5H3,(H,25,26,28). The number of hydrogen-bond acceptors (Lipinski definition) is 6. The van der Waals surface area contributed by atoms with E-state index < -0.39 is 0 Å². The molecule has 1 N–H and O–H groups in total. The van der Waals surface area contributed by atoms with E-state index in [4.69, 9.17) is 14.5 Å². The molecular weight excluding hydrogens is 410 g/mol. The SMILES string of the molecule is COc1ccc(-c2ccc(CN3CCc4nc(C(C)(C)C)[nH]c(=O)c4C3)s2)cc1OC. The van der Waals surface area contributed by atoms with E-state index >= 15 is 0 Å². The van der Waals surface area contributed by atoms with Crippen LogP contribution >= 0.6 is 11.3 Å². The van der Waals surface area contributed by atoms with Gasteiger partial charge in [-0.3, -0.25) is 9.69 Å². The molecule has 0 spiro atoms. The number of nitrogens with one attached hydrogen (secondary N) is 1. The van der Waals surface area contributed by atoms with Crippen molar-refractivity contribution in [2.24, 2.45) is 0 Å². The smallest absolute Gasteiger partial charge is 0.255 e. The van der Waals surface area contributed by atoms with E-state index in [0.29, 0.717) is 6.54 Å². The van der Waals surface area contributed by atoms with Gasteiger partial charge in [-0.05, 0) is 35.9 Å². The van der Waals surface area contributed by atoms with E-state index in [2.05, 4.69) is 42.8 Å². The third kappa shape index (κ3) is 4.52. The number of aromatic nitrogens is 2. The number of hydrogen-bond donors (Lipinski definition) is 1. The van der Waals surface area contributed by atoms with Crippen LogP contribution in [0.2, 0.25) is 0 Å². The Morgan fingerprint density at radius 3 is 2.61 bits per heavy atom. The zero-order valence-corrected chi connectivity index (χ0v) is 19.6. The highest BCUT2D eigenvalue weighted by molar-refractivity contribution is 7.15. The Bertz CT molecular complexity index is 1140. The number of benzene rings is 1. The monoisotopic (exact) mass is 439 g/mol. The molecule has 0 saturated carbocycles. The van der Waals surface area contributed by atoms with E-state index in [9.17, 15) is 4.79 Å². The minimum Gasteiger partial charge on any atom is -0.493 e. The van der Waals surface area contributed by atoms with Crippen LogP contribution < -0.4 is 15.0 Å². The predicted molar refractivity (Wildman–Crippen MR) is 124 cm³/mol. The van der Waals surface area contributed by atoms with Gasteiger partial charge in [0.15, 0.2) is 11.5 Å². The Morgan fingerprint density at radius 2 is 1.90 bits per heavy atom. The average Bonchev–Trinajstić information content (AvgIpc) is 3.21. The molecule has 0 bridgehead atoms. The van der Waals surface area contributed by atoms with Crippen LogP contribution in [0.15, 0.2) is 35.1 Å². The van der Waals surface area contributed by atoms with Crippen LogP contribution in [0.25, 0.3) is 10.4 Å². The molecule has 1 aromatic carbocycles. The molecule has 2 aromatic heterocycles. The third-order valence-electron chi connectivity index (χ3n) is 5.57. The summed E-state index contributed by atoms with van der Waals surface area (Å²) in [5, 5.41) is 0. The van der Waals surface area contributed by atoms with Crippen LogP contribution in [0.4, 0.5) is 0 Å². The van der Waals surface area contributed by atoms with Crippen LogP contribution in [0.5, 0.6) is 11.5 Å². The fourth-order valence-corrected chi connectivity index (χ4v) is 4.85. The van der Waals surface area contributed by atoms with Gasteiger partial charge < -0.3 is 14.5 Å². The van der Waals surface area contributed by atoms with E-state index in [-0.39, 0.29) is 11.0 Å². The van der Waals surface area contributed by atoms with Crippen molar-refractivity contribution in [3.05, 3.63) is 62.6 Å². The number of methoxy groups -OCH3 is 2. The fourth-order valence-electron chi connectivity index (χ4n) is 3.80. The molecule has 0 aliphatic carbocycles. The first-order chi connectivity index (χ1) is 14.8. The lowest BCUT2D eigenvalue weighted by Crippen LogP contribution is -2.36. The Labute approximate surface area is 186 Å². The third-order valence-corrected chi connectivity index (χ3v) is 6.69. The first-order valence-electron chi connectivity index (χ1n) is 10.4. The second-order valence-electron chi connectivity index (χ2n) is 8.89. The van der Waals surface area contributed by atoms with Crippen LogP contribution in [0.1, 0.15) is 42.7 Å². The van der Waals surface area contributed by atoms with Gasteiger partial charge in [-0.1, -0.05) is 20.8 Å². The van der Waals surface area contributed by atoms with Crippen molar-refractivity contribution in [1.29, 1.82) is 0 Å². The average molecular weight is 440 g/mol. The molecule has 4 rings (SSSR count). The van der Waals surface area contributed by atoms with Crippen molar-refractivity contribution in [2.75, 3.05) is 20.8 Å². The largest absolute Gasteiger partial charge is 0.493 e. The van der Waals surface area contributed by atoms with Crippen LogP contribution in [-0.4, -0.2) is 35.6 Å². The summed E-state index contributed by atoms with van der Waals surface area (Å²) >= 11 is 1.76. The van der Waals surface area contributed by atoms with Gasteiger partial charge in [0.1, 0.15) is 5.82 Å². The quantitative estimate of drug-likeness (QED) is 0.639. The molecule has 3 heterocycles. The lowest BCUT2D eigenvalue weighted by molar-refractivity contribution is 0.243. The molecule has 6 nitrogen and oxygen atoms in total. The van der Waals surface area contributed by atoms with Gasteiger partial charge in [-0.2, -0.15) is 0 Å². The van der Waals surface area contributed by atoms with E-state index in [1.54, 1.807) is 25.6 Å². The maximum absolute atomic E-state index is 12.7. The maximum atomic E-state index is 12.7. The number of H-pyrrole nitrogens is 1. The molecule has 3 aromatic rings. The molecule has 0 saturated heterocycles. The maximum Gasteiger partial charge on any atom is 0.255 e. The summed E-state index contributed by atoms with van der Waals surface area (Å²) in [7, 11) is 3.29. The predicted octanol–water partition coefficient (Wildman–Crippen LogP) is 4.37. The topological polar surface area (TPSA) is 67.5 Å². The van der Waals surface area contributed by atoms with Crippen molar-refractivity contribution < 1.29 is 9.47 Å². The van der Waals surface area contributed by atoms with Crippen molar-refractivity contribution in [3.8, 4) is 21.9 Å². The summed E-state index contributed by atoms with van der Waals surface area (Å²) in [6.45, 7) is 8.55. The Balaban J connectivity index is 1.50. The second-order valence-corrected chi connectivity index (χ2v) is 10.1. The lowest BCUT2D eigenvalue weighted by Gasteiger charge is -2.28. The molecule has 0 atom stereocenters. The molecule has 0 radical (unpaired) electrons. The molecule has 1 aliphatic heterocycles. The molecule has 31 heavy (non-hydrogen) atoms. The van der Waals surface area contributed by atoms with Crippen molar-refractivity contribution in [1.82, 2.24) is 14.9 Å². The number of fused-ring (bicyclic) bond motifs is 1. The van der Waals surface area contributed by atoms with Crippen molar-refractivity contribution >= 4 is 11.3 Å². The summed E-state index contributed by atoms with van der Waals surface area (Å²) in [6, 6.07) is 10.3. The number of thiophene rings is 1. The number of aromatic amines is 1. The second kappa shape index (κ2) is 8.48. The summed E-state index contributed by atoms with van der Waals surface area (Å²) in [5.41, 5.74) is 2.69. The van der Waals surface area contributed by atoms with Gasteiger partial charge in [-0.15, -0.1) is 11.3 Å². The zero-order valence-electron chi connectivity index (χ0n) is 18.7. The summed E-state index contributed by atoms with van der Waals surface area (Å²) in [4.78, 5) is 25.2. The highest BCUT2D eigenvalue weighted by Gasteiger charge is 2.25.